The van der Waals surface area contributed by atoms with E-state index in [1.54, 1.807) is 30.3 Å². The normalized spacial score (nSPS) is 10.2. The van der Waals surface area contributed by atoms with Crippen LogP contribution in [0.3, 0.4) is 0 Å². The standard InChI is InChI=1S/C22H18FNO4/c23-18-6-4-5-16(13-18)15-27-21(25)14-24-22(26)17-9-11-20(12-10-17)28-19-7-2-1-3-8-19/h1-13H,14-15H2,(H,24,26). The fourth-order valence-corrected chi connectivity index (χ4v) is 2.40. The lowest BCUT2D eigenvalue weighted by Gasteiger charge is -2.08. The van der Waals surface area contributed by atoms with E-state index in [9.17, 15) is 14.0 Å². The third-order valence-electron chi connectivity index (χ3n) is 3.78. The first-order valence-electron chi connectivity index (χ1n) is 8.61. The second-order valence-electron chi connectivity index (χ2n) is 5.91. The van der Waals surface area contributed by atoms with Gasteiger partial charge in [0.05, 0.1) is 0 Å². The Labute approximate surface area is 161 Å². The maximum absolute atomic E-state index is 13.1. The van der Waals surface area contributed by atoms with Gasteiger partial charge in [-0.05, 0) is 54.1 Å². The van der Waals surface area contributed by atoms with Crippen LogP contribution >= 0.6 is 0 Å². The molecule has 0 heterocycles. The van der Waals surface area contributed by atoms with Crippen molar-refractivity contribution in [2.45, 2.75) is 6.61 Å². The molecular weight excluding hydrogens is 361 g/mol. The van der Waals surface area contributed by atoms with Gasteiger partial charge in [0.1, 0.15) is 30.5 Å². The van der Waals surface area contributed by atoms with Crippen LogP contribution in [-0.4, -0.2) is 18.4 Å². The second kappa shape index (κ2) is 9.32. The number of rotatable bonds is 7. The summed E-state index contributed by atoms with van der Waals surface area (Å²) < 4.78 is 23.8. The van der Waals surface area contributed by atoms with Crippen LogP contribution < -0.4 is 10.1 Å². The Morgan fingerprint density at radius 2 is 1.57 bits per heavy atom. The van der Waals surface area contributed by atoms with Crippen LogP contribution in [0.2, 0.25) is 0 Å². The van der Waals surface area contributed by atoms with Gasteiger partial charge in [-0.2, -0.15) is 0 Å². The van der Waals surface area contributed by atoms with Crippen LogP contribution in [0, 0.1) is 5.82 Å². The van der Waals surface area contributed by atoms with E-state index < -0.39 is 17.7 Å². The number of amides is 1. The molecule has 0 unspecified atom stereocenters. The van der Waals surface area contributed by atoms with Gasteiger partial charge in [0.2, 0.25) is 0 Å². The van der Waals surface area contributed by atoms with Crippen molar-refractivity contribution in [2.24, 2.45) is 0 Å². The number of hydrogen-bond donors (Lipinski definition) is 1. The fourth-order valence-electron chi connectivity index (χ4n) is 2.40. The van der Waals surface area contributed by atoms with Crippen LogP contribution in [0.25, 0.3) is 0 Å². The van der Waals surface area contributed by atoms with Crippen molar-refractivity contribution in [3.05, 3.63) is 95.8 Å². The van der Waals surface area contributed by atoms with Crippen LogP contribution in [0.1, 0.15) is 15.9 Å². The third kappa shape index (κ3) is 5.67. The Kier molecular flexibility index (Phi) is 6.36. The minimum atomic E-state index is -0.610. The number of halogens is 1. The van der Waals surface area contributed by atoms with Gasteiger partial charge in [0.25, 0.3) is 5.91 Å². The molecule has 0 atom stereocenters. The van der Waals surface area contributed by atoms with Crippen molar-refractivity contribution >= 4 is 11.9 Å². The Hall–Kier alpha value is -3.67. The molecule has 0 aromatic heterocycles. The highest BCUT2D eigenvalue weighted by Crippen LogP contribution is 2.21. The molecule has 0 spiro atoms. The van der Waals surface area contributed by atoms with E-state index in [-0.39, 0.29) is 13.2 Å². The van der Waals surface area contributed by atoms with Crippen molar-refractivity contribution in [2.75, 3.05) is 6.54 Å². The van der Waals surface area contributed by atoms with Gasteiger partial charge >= 0.3 is 5.97 Å². The van der Waals surface area contributed by atoms with Crippen LogP contribution in [0.15, 0.2) is 78.9 Å². The van der Waals surface area contributed by atoms with Gasteiger partial charge in [-0.25, -0.2) is 4.39 Å². The average Bonchev–Trinajstić information content (AvgIpc) is 2.72. The van der Waals surface area contributed by atoms with E-state index in [0.717, 1.165) is 0 Å². The van der Waals surface area contributed by atoms with Crippen molar-refractivity contribution in [3.63, 3.8) is 0 Å². The van der Waals surface area contributed by atoms with Crippen LogP contribution in [0.4, 0.5) is 4.39 Å². The molecule has 3 rings (SSSR count). The highest BCUT2D eigenvalue weighted by atomic mass is 19.1. The van der Waals surface area contributed by atoms with Gasteiger partial charge in [0, 0.05) is 5.56 Å². The van der Waals surface area contributed by atoms with Gasteiger partial charge in [0.15, 0.2) is 0 Å². The molecule has 0 saturated heterocycles. The van der Waals surface area contributed by atoms with E-state index in [1.807, 2.05) is 30.3 Å². The van der Waals surface area contributed by atoms with E-state index in [4.69, 9.17) is 9.47 Å². The molecule has 6 heteroatoms. The fraction of sp³-hybridized carbons (Fsp3) is 0.0909. The lowest BCUT2D eigenvalue weighted by Crippen LogP contribution is -2.30. The van der Waals surface area contributed by atoms with Gasteiger partial charge < -0.3 is 14.8 Å². The van der Waals surface area contributed by atoms with Gasteiger partial charge in [-0.15, -0.1) is 0 Å². The average molecular weight is 379 g/mol. The molecule has 0 saturated carbocycles. The zero-order chi connectivity index (χ0) is 19.8. The van der Waals surface area contributed by atoms with Crippen molar-refractivity contribution in [1.82, 2.24) is 5.32 Å². The molecule has 1 N–H and O–H groups in total. The smallest absolute Gasteiger partial charge is 0.325 e. The Morgan fingerprint density at radius 3 is 2.29 bits per heavy atom. The number of ether oxygens (including phenoxy) is 2. The summed E-state index contributed by atoms with van der Waals surface area (Å²) in [7, 11) is 0. The molecule has 0 aliphatic rings. The SMILES string of the molecule is O=C(CNC(=O)c1ccc(Oc2ccccc2)cc1)OCc1cccc(F)c1. The molecule has 0 radical (unpaired) electrons. The lowest BCUT2D eigenvalue weighted by molar-refractivity contribution is -0.143. The predicted octanol–water partition coefficient (Wildman–Crippen LogP) is 4.09. The van der Waals surface area contributed by atoms with Gasteiger partial charge in [-0.1, -0.05) is 30.3 Å². The second-order valence-corrected chi connectivity index (χ2v) is 5.91. The third-order valence-corrected chi connectivity index (χ3v) is 3.78. The number of hydrogen-bond acceptors (Lipinski definition) is 4. The van der Waals surface area contributed by atoms with Crippen LogP contribution in [-0.2, 0) is 16.1 Å². The molecule has 5 nitrogen and oxygen atoms in total. The number of esters is 1. The number of nitrogens with one attached hydrogen (secondary N) is 1. The molecule has 0 aliphatic carbocycles. The molecule has 28 heavy (non-hydrogen) atoms. The zero-order valence-electron chi connectivity index (χ0n) is 14.9. The number of carbonyl (C=O) groups is 2. The highest BCUT2D eigenvalue weighted by Gasteiger charge is 2.10. The van der Waals surface area contributed by atoms with E-state index in [1.165, 1.54) is 18.2 Å². The quantitative estimate of drug-likeness (QED) is 0.628. The Morgan fingerprint density at radius 1 is 0.857 bits per heavy atom. The molecule has 3 aromatic rings. The molecule has 1 amide bonds. The first-order valence-corrected chi connectivity index (χ1v) is 8.61. The van der Waals surface area contributed by atoms with E-state index in [2.05, 4.69) is 5.32 Å². The maximum atomic E-state index is 13.1. The van der Waals surface area contributed by atoms with Crippen LogP contribution in [0.5, 0.6) is 11.5 Å². The molecular formula is C22H18FNO4. The summed E-state index contributed by atoms with van der Waals surface area (Å²) in [4.78, 5) is 23.9. The first-order chi connectivity index (χ1) is 13.6. The van der Waals surface area contributed by atoms with Crippen molar-refractivity contribution in [1.29, 1.82) is 0 Å². The van der Waals surface area contributed by atoms with Crippen molar-refractivity contribution in [3.8, 4) is 11.5 Å². The van der Waals surface area contributed by atoms with E-state index in [0.29, 0.717) is 22.6 Å². The molecule has 0 bridgehead atoms. The molecule has 142 valence electrons. The molecule has 0 fully saturated rings. The first kappa shape index (κ1) is 19.1. The minimum Gasteiger partial charge on any atom is -0.460 e. The summed E-state index contributed by atoms with van der Waals surface area (Å²) in [6.45, 7) is -0.339. The van der Waals surface area contributed by atoms with Gasteiger partial charge in [-0.3, -0.25) is 9.59 Å². The summed E-state index contributed by atoms with van der Waals surface area (Å²) in [6, 6.07) is 21.6. The summed E-state index contributed by atoms with van der Waals surface area (Å²) in [5.74, 6) is -0.129. The molecule has 0 aliphatic heterocycles. The summed E-state index contributed by atoms with van der Waals surface area (Å²) >= 11 is 0. The Bertz CT molecular complexity index is 942. The molecule has 3 aromatic carbocycles. The zero-order valence-corrected chi connectivity index (χ0v) is 14.9. The minimum absolute atomic E-state index is 0.0576. The number of benzene rings is 3. The monoisotopic (exact) mass is 379 g/mol. The summed E-state index contributed by atoms with van der Waals surface area (Å²) in [5, 5.41) is 2.49. The number of para-hydroxylation sites is 1. The number of carbonyl (C=O) groups excluding carboxylic acids is 2. The summed E-state index contributed by atoms with van der Waals surface area (Å²) in [6.07, 6.45) is 0. The largest absolute Gasteiger partial charge is 0.460 e. The topological polar surface area (TPSA) is 64.6 Å². The predicted molar refractivity (Wildman–Crippen MR) is 101 cm³/mol. The highest BCUT2D eigenvalue weighted by molar-refractivity contribution is 5.96. The maximum Gasteiger partial charge on any atom is 0.325 e. The lowest BCUT2D eigenvalue weighted by atomic mass is 10.2. The van der Waals surface area contributed by atoms with E-state index >= 15 is 0 Å². The Balaban J connectivity index is 1.45. The van der Waals surface area contributed by atoms with Crippen molar-refractivity contribution < 1.29 is 23.5 Å². The summed E-state index contributed by atoms with van der Waals surface area (Å²) in [5.41, 5.74) is 0.923.